The van der Waals surface area contributed by atoms with Crippen LogP contribution >= 0.6 is 0 Å². The fraction of sp³-hybridized carbons (Fsp3) is 0.545. The summed E-state index contributed by atoms with van der Waals surface area (Å²) < 4.78 is 129. The van der Waals surface area contributed by atoms with E-state index in [1.165, 1.54) is 4.90 Å². The fourth-order valence-electron chi connectivity index (χ4n) is 6.75. The van der Waals surface area contributed by atoms with E-state index in [0.717, 1.165) is 18.2 Å². The van der Waals surface area contributed by atoms with Gasteiger partial charge in [0.2, 0.25) is 5.91 Å². The Hall–Kier alpha value is -3.76. The van der Waals surface area contributed by atoms with E-state index in [4.69, 9.17) is 4.74 Å². The van der Waals surface area contributed by atoms with Gasteiger partial charge in [-0.05, 0) is 98.9 Å². The largest absolute Gasteiger partial charge is 0.466 e. The Kier molecular flexibility index (Phi) is 10.6. The summed E-state index contributed by atoms with van der Waals surface area (Å²) in [4.78, 5) is 27.3. The molecular formula is C33H33F9N2O3. The predicted octanol–water partition coefficient (Wildman–Crippen LogP) is 9.41. The summed E-state index contributed by atoms with van der Waals surface area (Å²) in [6.07, 6.45) is -13.1. The lowest BCUT2D eigenvalue weighted by atomic mass is 9.73. The number of esters is 1. The van der Waals surface area contributed by atoms with Crippen molar-refractivity contribution in [3.63, 3.8) is 0 Å². The van der Waals surface area contributed by atoms with Crippen LogP contribution in [-0.2, 0) is 32.9 Å². The number of nitrogens with zero attached hydrogens (tertiary/aromatic N) is 2. The number of rotatable bonds is 7. The lowest BCUT2D eigenvalue weighted by Gasteiger charge is -2.44. The second-order valence-electron chi connectivity index (χ2n) is 12.1. The smallest absolute Gasteiger partial charge is 0.416 e. The standard InChI is InChI=1S/C33H33F9N2O3/c1-3-24-16-25(27(17-43)20-12-22(32(37,38)39)14-23(13-20)33(40,41)42)26-15-21(31(34,35)36)9-10-28(26)44(24)30(46)19-7-5-18(6-8-19)11-29(45)47-4-2/h9-10,12-15,18-19,24-25,27H,3-8,11,16H2,1-2H3/t18?,19?,24-,25-,27?/m1/s1. The molecule has 0 saturated heterocycles. The molecule has 5 nitrogen and oxygen atoms in total. The molecule has 0 aromatic heterocycles. The molecule has 0 N–H and O–H groups in total. The summed E-state index contributed by atoms with van der Waals surface area (Å²) in [6, 6.07) is 4.39. The van der Waals surface area contributed by atoms with Crippen molar-refractivity contribution in [3.8, 4) is 6.07 Å². The average Bonchev–Trinajstić information content (AvgIpc) is 2.99. The molecule has 0 radical (unpaired) electrons. The van der Waals surface area contributed by atoms with Gasteiger partial charge < -0.3 is 9.64 Å². The quantitative estimate of drug-likeness (QED) is 0.217. The third kappa shape index (κ3) is 8.04. The first-order valence-corrected chi connectivity index (χ1v) is 15.3. The highest BCUT2D eigenvalue weighted by Gasteiger charge is 2.45. The van der Waals surface area contributed by atoms with Gasteiger partial charge in [-0.1, -0.05) is 6.92 Å². The minimum Gasteiger partial charge on any atom is -0.466 e. The van der Waals surface area contributed by atoms with Gasteiger partial charge in [0.1, 0.15) is 0 Å². The first kappa shape index (κ1) is 36.1. The fourth-order valence-corrected chi connectivity index (χ4v) is 6.75. The summed E-state index contributed by atoms with van der Waals surface area (Å²) in [6.45, 7) is 3.62. The zero-order valence-electron chi connectivity index (χ0n) is 25.5. The van der Waals surface area contributed by atoms with E-state index in [9.17, 15) is 54.4 Å². The summed E-state index contributed by atoms with van der Waals surface area (Å²) >= 11 is 0. The van der Waals surface area contributed by atoms with Gasteiger partial charge >= 0.3 is 24.5 Å². The summed E-state index contributed by atoms with van der Waals surface area (Å²) in [7, 11) is 0. The van der Waals surface area contributed by atoms with Gasteiger partial charge in [0.15, 0.2) is 0 Å². The number of alkyl halides is 9. The van der Waals surface area contributed by atoms with Crippen molar-refractivity contribution in [1.29, 1.82) is 5.26 Å². The molecule has 2 aromatic rings. The third-order valence-corrected chi connectivity index (χ3v) is 9.08. The summed E-state index contributed by atoms with van der Waals surface area (Å²) in [5, 5.41) is 10.2. The molecule has 1 saturated carbocycles. The van der Waals surface area contributed by atoms with E-state index in [1.54, 1.807) is 19.9 Å². The van der Waals surface area contributed by atoms with Crippen molar-refractivity contribution in [2.45, 2.75) is 95.2 Å². The third-order valence-electron chi connectivity index (χ3n) is 9.08. The number of halogens is 9. The van der Waals surface area contributed by atoms with Crippen molar-refractivity contribution >= 4 is 17.6 Å². The van der Waals surface area contributed by atoms with Crippen LogP contribution in [0.3, 0.4) is 0 Å². The Morgan fingerprint density at radius 2 is 1.45 bits per heavy atom. The van der Waals surface area contributed by atoms with Crippen LogP contribution in [0.2, 0.25) is 0 Å². The maximum atomic E-state index is 14.0. The Bertz CT molecular complexity index is 1470. The van der Waals surface area contributed by atoms with Crippen LogP contribution in [0, 0.1) is 23.2 Å². The molecule has 4 rings (SSSR count). The van der Waals surface area contributed by atoms with Crippen molar-refractivity contribution in [2.75, 3.05) is 11.5 Å². The van der Waals surface area contributed by atoms with E-state index in [0.29, 0.717) is 37.8 Å². The highest BCUT2D eigenvalue weighted by atomic mass is 19.4. The molecule has 1 unspecified atom stereocenters. The maximum Gasteiger partial charge on any atom is 0.416 e. The summed E-state index contributed by atoms with van der Waals surface area (Å²) in [5.41, 5.74) is -5.21. The molecule has 14 heteroatoms. The van der Waals surface area contributed by atoms with Crippen LogP contribution in [0.1, 0.15) is 98.4 Å². The number of fused-ring (bicyclic) bond motifs is 1. The van der Waals surface area contributed by atoms with Gasteiger partial charge in [0.25, 0.3) is 0 Å². The highest BCUT2D eigenvalue weighted by molar-refractivity contribution is 5.97. The average molecular weight is 677 g/mol. The van der Waals surface area contributed by atoms with Crippen LogP contribution in [0.15, 0.2) is 36.4 Å². The van der Waals surface area contributed by atoms with Gasteiger partial charge in [0.05, 0.1) is 35.3 Å². The number of hydrogen-bond acceptors (Lipinski definition) is 4. The Labute approximate surface area is 265 Å². The lowest BCUT2D eigenvalue weighted by Crippen LogP contribution is -2.48. The molecule has 2 aliphatic rings. The topological polar surface area (TPSA) is 70.4 Å². The molecule has 2 aromatic carbocycles. The second kappa shape index (κ2) is 13.8. The van der Waals surface area contributed by atoms with Crippen molar-refractivity contribution < 1.29 is 53.8 Å². The van der Waals surface area contributed by atoms with Gasteiger partial charge in [-0.25, -0.2) is 0 Å². The van der Waals surface area contributed by atoms with Gasteiger partial charge in [-0.2, -0.15) is 44.8 Å². The number of benzene rings is 2. The molecule has 256 valence electrons. The van der Waals surface area contributed by atoms with E-state index in [2.05, 4.69) is 0 Å². The number of anilines is 1. The van der Waals surface area contributed by atoms with Crippen LogP contribution in [0.4, 0.5) is 45.2 Å². The predicted molar refractivity (Wildman–Crippen MR) is 152 cm³/mol. The van der Waals surface area contributed by atoms with Crippen LogP contribution in [0.5, 0.6) is 0 Å². The molecule has 0 bridgehead atoms. The van der Waals surface area contributed by atoms with E-state index < -0.39 is 64.6 Å². The number of ether oxygens (including phenoxy) is 1. The van der Waals surface area contributed by atoms with Crippen molar-refractivity contribution in [1.82, 2.24) is 0 Å². The molecule has 1 amide bonds. The number of carbonyl (C=O) groups is 2. The molecule has 47 heavy (non-hydrogen) atoms. The number of nitriles is 1. The first-order valence-electron chi connectivity index (χ1n) is 15.3. The summed E-state index contributed by atoms with van der Waals surface area (Å²) in [5.74, 6) is -4.23. The molecule has 1 aliphatic heterocycles. The minimum absolute atomic E-state index is 0.00197. The van der Waals surface area contributed by atoms with Crippen molar-refractivity contribution in [3.05, 3.63) is 64.2 Å². The van der Waals surface area contributed by atoms with Gasteiger partial charge in [0, 0.05) is 30.0 Å². The molecular weight excluding hydrogens is 643 g/mol. The number of carbonyl (C=O) groups excluding carboxylic acids is 2. The van der Waals surface area contributed by atoms with Gasteiger partial charge in [-0.3, -0.25) is 9.59 Å². The maximum absolute atomic E-state index is 14.0. The van der Waals surface area contributed by atoms with Crippen LogP contribution < -0.4 is 4.90 Å². The van der Waals surface area contributed by atoms with Gasteiger partial charge in [-0.15, -0.1) is 0 Å². The van der Waals surface area contributed by atoms with E-state index >= 15 is 0 Å². The van der Waals surface area contributed by atoms with Crippen LogP contribution in [0.25, 0.3) is 0 Å². The lowest BCUT2D eigenvalue weighted by molar-refractivity contribution is -0.145. The number of amides is 1. The molecule has 1 heterocycles. The molecule has 1 aliphatic carbocycles. The molecule has 3 atom stereocenters. The zero-order chi connectivity index (χ0) is 34.9. The van der Waals surface area contributed by atoms with Crippen LogP contribution in [-0.4, -0.2) is 24.5 Å². The highest BCUT2D eigenvalue weighted by Crippen LogP contribution is 2.50. The monoisotopic (exact) mass is 676 g/mol. The first-order chi connectivity index (χ1) is 21.9. The van der Waals surface area contributed by atoms with Crippen molar-refractivity contribution in [2.24, 2.45) is 11.8 Å². The number of hydrogen-bond donors (Lipinski definition) is 0. The SMILES string of the molecule is CCOC(=O)CC1CCC(C(=O)N2c3ccc(C(F)(F)F)cc3[C@H](C(C#N)c3cc(C(F)(F)F)cc(C(F)(F)F)c3)C[C@H]2CC)CC1. The normalized spacial score (nSPS) is 22.6. The Balaban J connectivity index is 1.77. The van der Waals surface area contributed by atoms with E-state index in [1.807, 2.05) is 0 Å². The Morgan fingerprint density at radius 1 is 0.872 bits per heavy atom. The molecule has 1 fully saturated rings. The zero-order valence-corrected chi connectivity index (χ0v) is 25.5. The second-order valence-corrected chi connectivity index (χ2v) is 12.1. The Morgan fingerprint density at radius 3 is 1.94 bits per heavy atom. The minimum atomic E-state index is -5.20. The molecule has 0 spiro atoms. The van der Waals surface area contributed by atoms with E-state index in [-0.39, 0.29) is 61.0 Å².